The number of halogens is 3. The lowest BCUT2D eigenvalue weighted by atomic mass is 9.91. The highest BCUT2D eigenvalue weighted by Gasteiger charge is 2.30. The predicted molar refractivity (Wildman–Crippen MR) is 106 cm³/mol. The summed E-state index contributed by atoms with van der Waals surface area (Å²) in [6.45, 7) is 0. The molecule has 3 aromatic rings. The van der Waals surface area contributed by atoms with E-state index >= 15 is 0 Å². The molecule has 0 radical (unpaired) electrons. The van der Waals surface area contributed by atoms with Crippen molar-refractivity contribution in [3.63, 3.8) is 0 Å². The second-order valence-electron chi connectivity index (χ2n) is 7.19. The van der Waals surface area contributed by atoms with Gasteiger partial charge in [-0.25, -0.2) is 4.98 Å². The summed E-state index contributed by atoms with van der Waals surface area (Å²) in [6, 6.07) is 6.80. The summed E-state index contributed by atoms with van der Waals surface area (Å²) < 4.78 is 39.1. The van der Waals surface area contributed by atoms with Crippen LogP contribution < -0.4 is 16.4 Å². The Hall–Kier alpha value is -2.94. The number of nitrogens with two attached hydrogens (primary N) is 1. The minimum Gasteiger partial charge on any atom is -0.350 e. The number of rotatable bonds is 4. The molecule has 1 saturated carbocycles. The predicted octanol–water partition coefficient (Wildman–Crippen LogP) is 4.47. The molecule has 2 atom stereocenters. The van der Waals surface area contributed by atoms with Crippen molar-refractivity contribution in [1.29, 1.82) is 0 Å². The summed E-state index contributed by atoms with van der Waals surface area (Å²) in [7, 11) is 0. The molecule has 152 valence electrons. The average Bonchev–Trinajstić information content (AvgIpc) is 2.69. The van der Waals surface area contributed by atoms with Gasteiger partial charge in [-0.3, -0.25) is 4.98 Å². The van der Waals surface area contributed by atoms with Crippen LogP contribution in [-0.4, -0.2) is 27.0 Å². The lowest BCUT2D eigenvalue weighted by molar-refractivity contribution is -0.137. The van der Waals surface area contributed by atoms with Crippen molar-refractivity contribution >= 4 is 28.4 Å². The Labute approximate surface area is 165 Å². The lowest BCUT2D eigenvalue weighted by Crippen LogP contribution is -2.43. The first-order valence-corrected chi connectivity index (χ1v) is 9.48. The van der Waals surface area contributed by atoms with Crippen molar-refractivity contribution in [2.75, 3.05) is 10.6 Å². The van der Waals surface area contributed by atoms with Gasteiger partial charge >= 0.3 is 6.18 Å². The van der Waals surface area contributed by atoms with Gasteiger partial charge in [-0.05, 0) is 37.1 Å². The van der Waals surface area contributed by atoms with Gasteiger partial charge in [-0.1, -0.05) is 18.9 Å². The van der Waals surface area contributed by atoms with Crippen molar-refractivity contribution in [2.45, 2.75) is 43.9 Å². The molecule has 0 saturated heterocycles. The fourth-order valence-corrected chi connectivity index (χ4v) is 3.55. The van der Waals surface area contributed by atoms with E-state index < -0.39 is 11.7 Å². The topological polar surface area (TPSA) is 88.8 Å². The van der Waals surface area contributed by atoms with Gasteiger partial charge in [0.25, 0.3) is 0 Å². The third kappa shape index (κ3) is 4.40. The van der Waals surface area contributed by atoms with E-state index in [-0.39, 0.29) is 17.8 Å². The van der Waals surface area contributed by atoms with E-state index in [1.165, 1.54) is 6.07 Å². The highest BCUT2D eigenvalue weighted by Crippen LogP contribution is 2.32. The third-order valence-electron chi connectivity index (χ3n) is 5.08. The van der Waals surface area contributed by atoms with Crippen molar-refractivity contribution in [1.82, 2.24) is 15.0 Å². The van der Waals surface area contributed by atoms with Gasteiger partial charge in [0, 0.05) is 30.2 Å². The van der Waals surface area contributed by atoms with Gasteiger partial charge in [-0.2, -0.15) is 18.2 Å². The van der Waals surface area contributed by atoms with Crippen LogP contribution in [0.5, 0.6) is 0 Å². The first-order valence-electron chi connectivity index (χ1n) is 9.48. The monoisotopic (exact) mass is 402 g/mol. The standard InChI is InChI=1S/C20H21F3N6/c21-20(22,23)12-4-3-5-13(10-12)26-18-14-11-25-9-8-16(14)27-19(29-18)28-17-7-2-1-6-15(17)24/h3-5,8-11,15,17H,1-2,6-7,24H2,(H2,26,27,28,29)/t15-,17+/m0/s1. The van der Waals surface area contributed by atoms with Crippen LogP contribution in [0, 0.1) is 0 Å². The van der Waals surface area contributed by atoms with Crippen LogP contribution in [0.2, 0.25) is 0 Å². The molecule has 29 heavy (non-hydrogen) atoms. The zero-order chi connectivity index (χ0) is 20.4. The Kier molecular flexibility index (Phi) is 5.23. The second-order valence-corrected chi connectivity index (χ2v) is 7.19. The van der Waals surface area contributed by atoms with Crippen LogP contribution in [0.1, 0.15) is 31.2 Å². The number of anilines is 3. The number of hydrogen-bond acceptors (Lipinski definition) is 6. The maximum atomic E-state index is 13.0. The van der Waals surface area contributed by atoms with Crippen LogP contribution in [0.15, 0.2) is 42.7 Å². The molecule has 1 aliphatic rings. The number of fused-ring (bicyclic) bond motifs is 1. The van der Waals surface area contributed by atoms with E-state index in [0.717, 1.165) is 37.8 Å². The number of pyridine rings is 1. The molecule has 0 aliphatic heterocycles. The van der Waals surface area contributed by atoms with E-state index in [9.17, 15) is 13.2 Å². The minimum absolute atomic E-state index is 0.0142. The van der Waals surface area contributed by atoms with Gasteiger partial charge < -0.3 is 16.4 Å². The normalized spacial score (nSPS) is 19.9. The van der Waals surface area contributed by atoms with Gasteiger partial charge in [0.2, 0.25) is 5.95 Å². The Morgan fingerprint density at radius 1 is 1.07 bits per heavy atom. The highest BCUT2D eigenvalue weighted by atomic mass is 19.4. The second kappa shape index (κ2) is 7.82. The molecular formula is C20H21F3N6. The Morgan fingerprint density at radius 3 is 2.69 bits per heavy atom. The van der Waals surface area contributed by atoms with Crippen LogP contribution in [0.25, 0.3) is 10.9 Å². The maximum absolute atomic E-state index is 13.0. The summed E-state index contributed by atoms with van der Waals surface area (Å²) in [5.41, 5.74) is 6.39. The lowest BCUT2D eigenvalue weighted by Gasteiger charge is -2.29. The third-order valence-corrected chi connectivity index (χ3v) is 5.08. The van der Waals surface area contributed by atoms with Gasteiger partial charge in [0.15, 0.2) is 0 Å². The molecule has 9 heteroatoms. The van der Waals surface area contributed by atoms with Crippen LogP contribution >= 0.6 is 0 Å². The number of nitrogens with one attached hydrogen (secondary N) is 2. The van der Waals surface area contributed by atoms with Crippen molar-refractivity contribution in [3.8, 4) is 0 Å². The fraction of sp³-hybridized carbons (Fsp3) is 0.350. The zero-order valence-corrected chi connectivity index (χ0v) is 15.6. The molecule has 0 unspecified atom stereocenters. The highest BCUT2D eigenvalue weighted by molar-refractivity contribution is 5.91. The van der Waals surface area contributed by atoms with Crippen molar-refractivity contribution in [2.24, 2.45) is 5.73 Å². The molecule has 1 fully saturated rings. The summed E-state index contributed by atoms with van der Waals surface area (Å²) in [6.07, 6.45) is 2.82. The van der Waals surface area contributed by atoms with E-state index in [1.54, 1.807) is 24.5 Å². The Morgan fingerprint density at radius 2 is 1.90 bits per heavy atom. The van der Waals surface area contributed by atoms with Crippen LogP contribution in [0.3, 0.4) is 0 Å². The van der Waals surface area contributed by atoms with Gasteiger partial charge in [0.1, 0.15) is 5.82 Å². The average molecular weight is 402 g/mol. The first-order chi connectivity index (χ1) is 13.9. The SMILES string of the molecule is N[C@H]1CCCC[C@H]1Nc1nc(Nc2cccc(C(F)(F)F)c2)c2cnccc2n1. The molecule has 0 bridgehead atoms. The summed E-state index contributed by atoms with van der Waals surface area (Å²) >= 11 is 0. The van der Waals surface area contributed by atoms with Crippen LogP contribution in [-0.2, 0) is 6.18 Å². The largest absolute Gasteiger partial charge is 0.416 e. The Balaban J connectivity index is 1.68. The zero-order valence-electron chi connectivity index (χ0n) is 15.6. The van der Waals surface area contributed by atoms with E-state index in [2.05, 4.69) is 25.6 Å². The van der Waals surface area contributed by atoms with E-state index in [0.29, 0.717) is 22.7 Å². The number of benzene rings is 1. The van der Waals surface area contributed by atoms with Crippen LogP contribution in [0.4, 0.5) is 30.6 Å². The van der Waals surface area contributed by atoms with Gasteiger partial charge in [0.05, 0.1) is 16.5 Å². The molecule has 2 heterocycles. The number of aromatic nitrogens is 3. The number of nitrogens with zero attached hydrogens (tertiary/aromatic N) is 3. The molecule has 4 rings (SSSR count). The summed E-state index contributed by atoms with van der Waals surface area (Å²) in [4.78, 5) is 13.1. The molecule has 4 N–H and O–H groups in total. The summed E-state index contributed by atoms with van der Waals surface area (Å²) in [5, 5.41) is 6.90. The minimum atomic E-state index is -4.42. The van der Waals surface area contributed by atoms with E-state index in [4.69, 9.17) is 5.73 Å². The maximum Gasteiger partial charge on any atom is 0.416 e. The van der Waals surface area contributed by atoms with Crippen molar-refractivity contribution in [3.05, 3.63) is 48.3 Å². The molecule has 0 spiro atoms. The van der Waals surface area contributed by atoms with E-state index in [1.807, 2.05) is 0 Å². The number of hydrogen-bond donors (Lipinski definition) is 3. The molecule has 1 aliphatic carbocycles. The fourth-order valence-electron chi connectivity index (χ4n) is 3.55. The van der Waals surface area contributed by atoms with Gasteiger partial charge in [-0.15, -0.1) is 0 Å². The molecule has 6 nitrogen and oxygen atoms in total. The smallest absolute Gasteiger partial charge is 0.350 e. The molecule has 1 aromatic carbocycles. The molecular weight excluding hydrogens is 381 g/mol. The Bertz CT molecular complexity index is 1010. The first kappa shape index (κ1) is 19.4. The summed E-state index contributed by atoms with van der Waals surface area (Å²) in [5.74, 6) is 0.773. The quantitative estimate of drug-likeness (QED) is 0.597. The van der Waals surface area contributed by atoms with Crippen molar-refractivity contribution < 1.29 is 13.2 Å². The molecule has 2 aromatic heterocycles. The molecule has 0 amide bonds. The number of alkyl halides is 3.